The number of hydrogen-bond donors (Lipinski definition) is 2. The number of hydrogen-bond acceptors (Lipinski definition) is 2. The number of aliphatic carboxylic acids is 1. The van der Waals surface area contributed by atoms with Crippen LogP contribution >= 0.6 is 11.6 Å². The van der Waals surface area contributed by atoms with Crippen molar-refractivity contribution >= 4 is 17.6 Å². The lowest BCUT2D eigenvalue weighted by Gasteiger charge is -2.23. The minimum Gasteiger partial charge on any atom is -0.481 e. The summed E-state index contributed by atoms with van der Waals surface area (Å²) >= 11 is 6.56. The molecule has 28 heavy (non-hydrogen) atoms. The number of aliphatic hydroxyl groups excluding tert-OH is 1. The van der Waals surface area contributed by atoms with E-state index in [9.17, 15) is 9.90 Å². The quantitative estimate of drug-likeness (QED) is 0.251. The van der Waals surface area contributed by atoms with Crippen molar-refractivity contribution in [2.75, 3.05) is 0 Å². The van der Waals surface area contributed by atoms with Crippen molar-refractivity contribution in [1.82, 2.24) is 0 Å². The topological polar surface area (TPSA) is 57.5 Å². The Hall–Kier alpha value is -1.32. The molecule has 1 aromatic carbocycles. The summed E-state index contributed by atoms with van der Waals surface area (Å²) in [5.41, 5.74) is 2.54. The molecular formula is C24H35ClO3. The molecule has 0 saturated heterocycles. The number of unbranched alkanes of at least 4 members (excludes halogenated alkanes) is 4. The number of aryl methyl sites for hydroxylation is 1. The molecule has 0 radical (unpaired) electrons. The molecule has 3 nitrogen and oxygen atoms in total. The SMILES string of the molecule is CCCCCCc1ccc([C@@H]2[C@@H](C/C=C\CCCC(=O)O)[C@H](Cl)C[C@H]2O)cc1. The molecule has 0 amide bonds. The van der Waals surface area contributed by atoms with E-state index in [-0.39, 0.29) is 23.6 Å². The predicted molar refractivity (Wildman–Crippen MR) is 116 cm³/mol. The van der Waals surface area contributed by atoms with Crippen LogP contribution in [0.4, 0.5) is 0 Å². The summed E-state index contributed by atoms with van der Waals surface area (Å²) in [6, 6.07) is 8.74. The van der Waals surface area contributed by atoms with Crippen molar-refractivity contribution in [3.05, 3.63) is 47.5 Å². The van der Waals surface area contributed by atoms with Gasteiger partial charge < -0.3 is 10.2 Å². The fraction of sp³-hybridized carbons (Fsp3) is 0.625. The molecule has 1 aromatic rings. The van der Waals surface area contributed by atoms with E-state index in [1.165, 1.54) is 36.8 Å². The largest absolute Gasteiger partial charge is 0.481 e. The number of allylic oxidation sites excluding steroid dienone is 2. The van der Waals surface area contributed by atoms with E-state index in [0.717, 1.165) is 19.3 Å². The first-order chi connectivity index (χ1) is 13.5. The molecule has 1 aliphatic rings. The van der Waals surface area contributed by atoms with Gasteiger partial charge in [0.2, 0.25) is 0 Å². The van der Waals surface area contributed by atoms with E-state index >= 15 is 0 Å². The standard InChI is InChI=1S/C24H35ClO3/c1-2-3-4-7-10-18-13-15-19(16-14-18)24-20(21(25)17-22(24)26)11-8-5-6-9-12-23(27)28/h5,8,13-16,20-22,24,26H,2-4,6-7,9-12,17H2,1H3,(H,27,28)/b8-5-/t20-,21+,22+,24+/m0/s1. The second kappa shape index (κ2) is 12.3. The van der Waals surface area contributed by atoms with Crippen LogP contribution in [0.3, 0.4) is 0 Å². The van der Waals surface area contributed by atoms with Crippen LogP contribution < -0.4 is 0 Å². The molecule has 0 heterocycles. The van der Waals surface area contributed by atoms with Crippen molar-refractivity contribution in [3.8, 4) is 0 Å². The fourth-order valence-electron chi connectivity index (χ4n) is 4.23. The first-order valence-corrected chi connectivity index (χ1v) is 11.2. The third-order valence-corrected chi connectivity index (χ3v) is 6.33. The molecule has 2 rings (SSSR count). The highest BCUT2D eigenvalue weighted by atomic mass is 35.5. The Morgan fingerprint density at radius 2 is 1.89 bits per heavy atom. The summed E-state index contributed by atoms with van der Waals surface area (Å²) in [5.74, 6) is -0.467. The van der Waals surface area contributed by atoms with Crippen LogP contribution in [0.25, 0.3) is 0 Å². The van der Waals surface area contributed by atoms with E-state index in [4.69, 9.17) is 16.7 Å². The van der Waals surface area contributed by atoms with Gasteiger partial charge in [0.25, 0.3) is 0 Å². The molecule has 0 spiro atoms. The first kappa shape index (κ1) is 23.0. The lowest BCUT2D eigenvalue weighted by atomic mass is 9.85. The van der Waals surface area contributed by atoms with Crippen LogP contribution in [0.1, 0.15) is 81.8 Å². The van der Waals surface area contributed by atoms with Gasteiger partial charge in [0, 0.05) is 17.7 Å². The van der Waals surface area contributed by atoms with Crippen LogP contribution in [0.5, 0.6) is 0 Å². The van der Waals surface area contributed by atoms with Gasteiger partial charge in [-0.1, -0.05) is 62.6 Å². The average Bonchev–Trinajstić information content (AvgIpc) is 2.95. The van der Waals surface area contributed by atoms with E-state index in [1.54, 1.807) is 0 Å². The number of carboxylic acid groups (broad SMARTS) is 1. The Balaban J connectivity index is 1.91. The molecule has 156 valence electrons. The summed E-state index contributed by atoms with van der Waals surface area (Å²) in [4.78, 5) is 10.6. The summed E-state index contributed by atoms with van der Waals surface area (Å²) in [5, 5.41) is 19.2. The van der Waals surface area contributed by atoms with E-state index in [1.807, 2.05) is 6.08 Å². The summed E-state index contributed by atoms with van der Waals surface area (Å²) in [6.07, 6.45) is 13.0. The molecule has 0 aliphatic heterocycles. The number of alkyl halides is 1. The van der Waals surface area contributed by atoms with Crippen molar-refractivity contribution in [2.24, 2.45) is 5.92 Å². The summed E-state index contributed by atoms with van der Waals surface area (Å²) < 4.78 is 0. The van der Waals surface area contributed by atoms with Gasteiger partial charge in [0.05, 0.1) is 6.10 Å². The van der Waals surface area contributed by atoms with Gasteiger partial charge in [-0.2, -0.15) is 0 Å². The zero-order valence-corrected chi connectivity index (χ0v) is 17.8. The molecule has 1 saturated carbocycles. The maximum absolute atomic E-state index is 10.6. The van der Waals surface area contributed by atoms with Gasteiger partial charge in [-0.15, -0.1) is 11.6 Å². The molecule has 0 unspecified atom stereocenters. The molecule has 1 aliphatic carbocycles. The van der Waals surface area contributed by atoms with Gasteiger partial charge >= 0.3 is 5.97 Å². The smallest absolute Gasteiger partial charge is 0.303 e. The third-order valence-electron chi connectivity index (χ3n) is 5.83. The maximum Gasteiger partial charge on any atom is 0.303 e. The highest BCUT2D eigenvalue weighted by Gasteiger charge is 2.41. The Bertz CT molecular complexity index is 611. The monoisotopic (exact) mass is 406 g/mol. The van der Waals surface area contributed by atoms with Crippen LogP contribution in [-0.4, -0.2) is 27.7 Å². The Labute approximate surface area is 174 Å². The highest BCUT2D eigenvalue weighted by molar-refractivity contribution is 6.21. The molecular weight excluding hydrogens is 372 g/mol. The van der Waals surface area contributed by atoms with E-state index in [0.29, 0.717) is 12.8 Å². The number of carbonyl (C=O) groups is 1. The summed E-state index contributed by atoms with van der Waals surface area (Å²) in [7, 11) is 0. The van der Waals surface area contributed by atoms with Gasteiger partial charge in [-0.3, -0.25) is 4.79 Å². The molecule has 4 heteroatoms. The van der Waals surface area contributed by atoms with E-state index in [2.05, 4.69) is 37.3 Å². The Morgan fingerprint density at radius 3 is 2.57 bits per heavy atom. The predicted octanol–water partition coefficient (Wildman–Crippen LogP) is 6.08. The highest BCUT2D eigenvalue weighted by Crippen LogP contribution is 2.44. The zero-order chi connectivity index (χ0) is 20.4. The van der Waals surface area contributed by atoms with Crippen LogP contribution in [-0.2, 0) is 11.2 Å². The second-order valence-corrected chi connectivity index (χ2v) is 8.61. The maximum atomic E-state index is 10.6. The number of halogens is 1. The normalized spacial score (nSPS) is 24.8. The molecule has 0 aromatic heterocycles. The van der Waals surface area contributed by atoms with Crippen LogP contribution in [0.2, 0.25) is 0 Å². The Kier molecular flexibility index (Phi) is 10.1. The minimum absolute atomic E-state index is 0.0302. The molecule has 4 atom stereocenters. The van der Waals surface area contributed by atoms with Crippen molar-refractivity contribution in [1.29, 1.82) is 0 Å². The number of benzene rings is 1. The average molecular weight is 407 g/mol. The lowest BCUT2D eigenvalue weighted by molar-refractivity contribution is -0.137. The van der Waals surface area contributed by atoms with Crippen molar-refractivity contribution < 1.29 is 15.0 Å². The molecule has 1 fully saturated rings. The van der Waals surface area contributed by atoms with Gasteiger partial charge in [0.1, 0.15) is 0 Å². The van der Waals surface area contributed by atoms with Gasteiger partial charge in [-0.05, 0) is 55.6 Å². The lowest BCUT2D eigenvalue weighted by Crippen LogP contribution is -2.18. The van der Waals surface area contributed by atoms with Crippen molar-refractivity contribution in [3.63, 3.8) is 0 Å². The second-order valence-electron chi connectivity index (χ2n) is 8.05. The van der Waals surface area contributed by atoms with Gasteiger partial charge in [0.15, 0.2) is 0 Å². The Morgan fingerprint density at radius 1 is 1.14 bits per heavy atom. The van der Waals surface area contributed by atoms with E-state index < -0.39 is 12.1 Å². The van der Waals surface area contributed by atoms with Crippen LogP contribution in [0, 0.1) is 5.92 Å². The first-order valence-electron chi connectivity index (χ1n) is 10.8. The molecule has 0 bridgehead atoms. The zero-order valence-electron chi connectivity index (χ0n) is 17.0. The third kappa shape index (κ3) is 7.25. The van der Waals surface area contributed by atoms with Crippen LogP contribution in [0.15, 0.2) is 36.4 Å². The minimum atomic E-state index is -0.748. The number of aliphatic hydroxyl groups is 1. The van der Waals surface area contributed by atoms with Crippen molar-refractivity contribution in [2.45, 2.75) is 88.5 Å². The number of rotatable bonds is 12. The molecule has 2 N–H and O–H groups in total. The summed E-state index contributed by atoms with van der Waals surface area (Å²) in [6.45, 7) is 2.23. The fourth-order valence-corrected chi connectivity index (χ4v) is 4.67. The van der Waals surface area contributed by atoms with Gasteiger partial charge in [-0.25, -0.2) is 0 Å². The number of carboxylic acids is 1.